The van der Waals surface area contributed by atoms with Crippen LogP contribution < -0.4 is 0 Å². The monoisotopic (exact) mass is 358 g/mol. The maximum absolute atomic E-state index is 11.2. The van der Waals surface area contributed by atoms with Crippen molar-refractivity contribution in [2.75, 3.05) is 6.61 Å². The van der Waals surface area contributed by atoms with Crippen LogP contribution in [0.3, 0.4) is 0 Å². The van der Waals surface area contributed by atoms with Crippen LogP contribution in [0.15, 0.2) is 0 Å². The van der Waals surface area contributed by atoms with Gasteiger partial charge in [0.25, 0.3) is 0 Å². The lowest BCUT2D eigenvalue weighted by molar-refractivity contribution is -0.0942. The molecule has 1 aliphatic heterocycles. The Morgan fingerprint density at radius 2 is 1.60 bits per heavy atom. The largest absolute Gasteiger partial charge is 0.483 e. The fourth-order valence-corrected chi connectivity index (χ4v) is 3.40. The van der Waals surface area contributed by atoms with Gasteiger partial charge in [-0.2, -0.15) is 4.31 Å². The topological polar surface area (TPSA) is 189 Å². The van der Waals surface area contributed by atoms with E-state index in [9.17, 15) is 13.7 Å². The van der Waals surface area contributed by atoms with E-state index in [2.05, 4.69) is 13.4 Å². The van der Waals surface area contributed by atoms with Gasteiger partial charge in [-0.15, -0.1) is 0 Å². The third-order valence-corrected chi connectivity index (χ3v) is 4.62. The molecular weight excluding hydrogens is 345 g/mol. The zero-order chi connectivity index (χ0) is 15.6. The number of hydrogen-bond donors (Lipinski definition) is 5. The third kappa shape index (κ3) is 7.94. The molecule has 0 aromatic heterocycles. The molecule has 1 heterocycles. The summed E-state index contributed by atoms with van der Waals surface area (Å²) in [5.74, 6) is 0. The maximum atomic E-state index is 11.2. The molecule has 1 aliphatic rings. The molecule has 1 fully saturated rings. The van der Waals surface area contributed by atoms with Gasteiger partial charge in [0.15, 0.2) is 6.29 Å². The van der Waals surface area contributed by atoms with Crippen molar-refractivity contribution in [3.8, 4) is 0 Å². The molecule has 1 saturated heterocycles. The van der Waals surface area contributed by atoms with Crippen LogP contribution in [0.2, 0.25) is 0 Å². The van der Waals surface area contributed by atoms with Crippen LogP contribution in [-0.4, -0.2) is 43.5 Å². The van der Waals surface area contributed by atoms with Crippen molar-refractivity contribution in [2.45, 2.75) is 25.2 Å². The van der Waals surface area contributed by atoms with Gasteiger partial charge in [-0.1, -0.05) is 0 Å². The zero-order valence-electron chi connectivity index (χ0n) is 9.71. The highest BCUT2D eigenvalue weighted by Crippen LogP contribution is 2.58. The van der Waals surface area contributed by atoms with E-state index in [-0.39, 0.29) is 12.8 Å². The van der Waals surface area contributed by atoms with Gasteiger partial charge in [-0.05, 0) is 6.42 Å². The Bertz CT molecular complexity index is 464. The number of phosphoric ester groups is 2. The molecule has 0 spiro atoms. The van der Waals surface area contributed by atoms with Crippen molar-refractivity contribution in [3.63, 3.8) is 0 Å². The first-order chi connectivity index (χ1) is 8.86. The molecule has 3 atom stereocenters. The van der Waals surface area contributed by atoms with Crippen molar-refractivity contribution in [1.29, 1.82) is 0 Å². The third-order valence-electron chi connectivity index (χ3n) is 1.96. The Kier molecular flexibility index (Phi) is 6.08. The summed E-state index contributed by atoms with van der Waals surface area (Å²) in [4.78, 5) is 42.7. The molecule has 0 bridgehead atoms. The second kappa shape index (κ2) is 6.62. The van der Waals surface area contributed by atoms with Gasteiger partial charge < -0.3 is 29.2 Å². The Hall–Kier alpha value is 0.330. The maximum Gasteiger partial charge on any atom is 0.483 e. The van der Waals surface area contributed by atoms with Crippen LogP contribution in [0.1, 0.15) is 12.8 Å². The molecule has 0 radical (unpaired) electrons. The highest BCUT2D eigenvalue weighted by atomic mass is 31.3. The van der Waals surface area contributed by atoms with Crippen LogP contribution in [0, 0.1) is 0 Å². The Labute approximate surface area is 112 Å². The van der Waals surface area contributed by atoms with Crippen LogP contribution >= 0.6 is 23.5 Å². The van der Waals surface area contributed by atoms with Crippen LogP contribution in [0.25, 0.3) is 0 Å². The summed E-state index contributed by atoms with van der Waals surface area (Å²) in [6.45, 7) is -0.473. The van der Waals surface area contributed by atoms with E-state index in [0.29, 0.717) is 0 Å². The lowest BCUT2D eigenvalue weighted by Crippen LogP contribution is -2.17. The minimum atomic E-state index is -5.22. The van der Waals surface area contributed by atoms with Crippen LogP contribution in [0.4, 0.5) is 0 Å². The van der Waals surface area contributed by atoms with Crippen molar-refractivity contribution in [2.24, 2.45) is 0 Å². The summed E-state index contributed by atoms with van der Waals surface area (Å²) in [7, 11) is -14.9. The van der Waals surface area contributed by atoms with Gasteiger partial charge in [0.1, 0.15) is 0 Å². The summed E-state index contributed by atoms with van der Waals surface area (Å²) in [5, 5.41) is 0. The van der Waals surface area contributed by atoms with E-state index >= 15 is 0 Å². The van der Waals surface area contributed by atoms with Gasteiger partial charge in [0.2, 0.25) is 0 Å². The summed E-state index contributed by atoms with van der Waals surface area (Å²) in [6.07, 6.45) is -1.88. The molecule has 20 heavy (non-hydrogen) atoms. The molecule has 0 aromatic rings. The molecule has 5 N–H and O–H groups in total. The first-order valence-corrected chi connectivity index (χ1v) is 9.55. The first kappa shape index (κ1) is 18.4. The average Bonchev–Trinajstić information content (AvgIpc) is 2.56. The minimum Gasteiger partial charge on any atom is -0.346 e. The van der Waals surface area contributed by atoms with Gasteiger partial charge in [0, 0.05) is 6.42 Å². The van der Waals surface area contributed by atoms with E-state index in [4.69, 9.17) is 29.2 Å². The second-order valence-corrected chi connectivity index (χ2v) is 7.72. The van der Waals surface area contributed by atoms with Crippen molar-refractivity contribution >= 4 is 23.5 Å². The van der Waals surface area contributed by atoms with Gasteiger partial charge in [-0.25, -0.2) is 13.7 Å². The summed E-state index contributed by atoms with van der Waals surface area (Å²) >= 11 is 0. The Balaban J connectivity index is 2.43. The van der Waals surface area contributed by atoms with Crippen molar-refractivity contribution < 1.29 is 56.3 Å². The number of ether oxygens (including phenoxy) is 1. The number of phosphoric acid groups is 3. The highest BCUT2D eigenvalue weighted by molar-refractivity contribution is 7.60. The summed E-state index contributed by atoms with van der Waals surface area (Å²) in [6, 6.07) is 0. The van der Waals surface area contributed by atoms with Crippen molar-refractivity contribution in [3.05, 3.63) is 0 Å². The van der Waals surface area contributed by atoms with Crippen molar-refractivity contribution in [1.82, 2.24) is 0 Å². The predicted octanol–water partition coefficient (Wildman–Crippen LogP) is -0.173. The van der Waals surface area contributed by atoms with E-state index in [1.54, 1.807) is 0 Å². The molecule has 0 aliphatic carbocycles. The lowest BCUT2D eigenvalue weighted by atomic mass is 10.2. The Morgan fingerprint density at radius 3 is 2.10 bits per heavy atom. The van der Waals surface area contributed by atoms with E-state index in [1.807, 2.05) is 0 Å². The van der Waals surface area contributed by atoms with E-state index in [0.717, 1.165) is 0 Å². The molecule has 1 rings (SSSR count). The quantitative estimate of drug-likeness (QED) is 0.378. The molecule has 15 heteroatoms. The number of hydrogen-bond acceptors (Lipinski definition) is 7. The van der Waals surface area contributed by atoms with Crippen LogP contribution in [0.5, 0.6) is 0 Å². The molecule has 12 nitrogen and oxygen atoms in total. The zero-order valence-corrected chi connectivity index (χ0v) is 12.4. The van der Waals surface area contributed by atoms with E-state index < -0.39 is 42.5 Å². The summed E-state index contributed by atoms with van der Waals surface area (Å²) < 4.78 is 49.1. The number of rotatable bonds is 7. The normalized spacial score (nSPS) is 27.4. The fourth-order valence-electron chi connectivity index (χ4n) is 1.36. The molecular formula is C5H13O12P3. The Morgan fingerprint density at radius 1 is 1.00 bits per heavy atom. The van der Waals surface area contributed by atoms with Crippen LogP contribution in [-0.2, 0) is 31.8 Å². The minimum absolute atomic E-state index is 0.0459. The highest BCUT2D eigenvalue weighted by Gasteiger charge is 2.38. The predicted molar refractivity (Wildman–Crippen MR) is 59.9 cm³/mol. The first-order valence-electron chi connectivity index (χ1n) is 5.00. The molecule has 0 aromatic carbocycles. The second-order valence-electron chi connectivity index (χ2n) is 3.70. The molecule has 120 valence electrons. The standard InChI is InChI=1S/C5H13O12P3/c6-18(7,8)14-3-4-1-2-5(15-4)16-20(12,13)17-19(9,10)11/h4-5H,1-3H2,(H,12,13)(H2,6,7,8)(H2,9,10,11)/t4-,5?/m0/s1. The smallest absolute Gasteiger partial charge is 0.346 e. The molecule has 0 amide bonds. The lowest BCUT2D eigenvalue weighted by Gasteiger charge is -2.17. The SMILES string of the molecule is O=P(O)(O)OC[C@@H]1CCC(OP(=O)(O)OP(=O)(O)O)O1. The van der Waals surface area contributed by atoms with Gasteiger partial charge >= 0.3 is 23.5 Å². The summed E-state index contributed by atoms with van der Waals surface area (Å²) in [5.41, 5.74) is 0. The fraction of sp³-hybridized carbons (Fsp3) is 1.00. The van der Waals surface area contributed by atoms with Gasteiger partial charge in [0.05, 0.1) is 12.7 Å². The van der Waals surface area contributed by atoms with Gasteiger partial charge in [-0.3, -0.25) is 9.05 Å². The molecule has 2 unspecified atom stereocenters. The average molecular weight is 358 g/mol. The van der Waals surface area contributed by atoms with E-state index in [1.165, 1.54) is 0 Å². The molecule has 0 saturated carbocycles.